The molecular formula is C8H17N3O. The second-order valence-corrected chi connectivity index (χ2v) is 3.24. The summed E-state index contributed by atoms with van der Waals surface area (Å²) in [5.74, 6) is 0.645. The van der Waals surface area contributed by atoms with Crippen molar-refractivity contribution in [3.8, 4) is 0 Å². The van der Waals surface area contributed by atoms with Gasteiger partial charge in [0.2, 0.25) is 0 Å². The van der Waals surface area contributed by atoms with Crippen LogP contribution in [0.5, 0.6) is 0 Å². The highest BCUT2D eigenvalue weighted by Gasteiger charge is 2.28. The van der Waals surface area contributed by atoms with Gasteiger partial charge in [0.15, 0.2) is 0 Å². The summed E-state index contributed by atoms with van der Waals surface area (Å²) in [6.45, 7) is 3.14. The van der Waals surface area contributed by atoms with E-state index in [0.717, 1.165) is 0 Å². The van der Waals surface area contributed by atoms with Crippen molar-refractivity contribution in [1.29, 1.82) is 0 Å². The molecule has 0 heterocycles. The van der Waals surface area contributed by atoms with E-state index in [0.29, 0.717) is 19.0 Å². The van der Waals surface area contributed by atoms with Crippen LogP contribution in [0.3, 0.4) is 0 Å². The molecule has 0 aromatic rings. The molecule has 1 fully saturated rings. The Morgan fingerprint density at radius 1 is 1.58 bits per heavy atom. The zero-order valence-electron chi connectivity index (χ0n) is 7.47. The number of carbonyl (C=O) groups is 1. The Morgan fingerprint density at radius 2 is 2.25 bits per heavy atom. The molecule has 1 aliphatic rings. The summed E-state index contributed by atoms with van der Waals surface area (Å²) < 4.78 is 0. The lowest BCUT2D eigenvalue weighted by Gasteiger charge is -2.11. The smallest absolute Gasteiger partial charge is 0.314 e. The van der Waals surface area contributed by atoms with Gasteiger partial charge in [0.25, 0.3) is 0 Å². The van der Waals surface area contributed by atoms with Gasteiger partial charge in [-0.25, -0.2) is 4.79 Å². The first-order chi connectivity index (χ1) is 5.74. The van der Waals surface area contributed by atoms with Crippen LogP contribution in [-0.4, -0.2) is 25.2 Å². The first-order valence-electron chi connectivity index (χ1n) is 4.51. The van der Waals surface area contributed by atoms with Crippen LogP contribution in [0.1, 0.15) is 19.8 Å². The molecule has 1 rings (SSSR count). The Kier molecular flexibility index (Phi) is 3.34. The Hall–Kier alpha value is -0.770. The van der Waals surface area contributed by atoms with Crippen LogP contribution in [0.2, 0.25) is 0 Å². The fourth-order valence-electron chi connectivity index (χ4n) is 1.12. The van der Waals surface area contributed by atoms with Crippen LogP contribution < -0.4 is 16.4 Å². The van der Waals surface area contributed by atoms with Crippen LogP contribution in [0, 0.1) is 5.92 Å². The molecule has 12 heavy (non-hydrogen) atoms. The number of hydrogen-bond donors (Lipinski definition) is 3. The van der Waals surface area contributed by atoms with Gasteiger partial charge in [0, 0.05) is 19.1 Å². The standard InChI is InChI=1S/C8H17N3O/c1-2-10-8(12)11-5-7(9)6-3-4-6/h6-7H,2-5,9H2,1H3,(H2,10,11,12). The van der Waals surface area contributed by atoms with Crippen molar-refractivity contribution in [3.63, 3.8) is 0 Å². The molecular weight excluding hydrogens is 154 g/mol. The molecule has 0 spiro atoms. The molecule has 2 amide bonds. The van der Waals surface area contributed by atoms with Gasteiger partial charge in [-0.1, -0.05) is 0 Å². The minimum Gasteiger partial charge on any atom is -0.338 e. The Labute approximate surface area is 72.9 Å². The topological polar surface area (TPSA) is 67.2 Å². The number of urea groups is 1. The molecule has 4 nitrogen and oxygen atoms in total. The van der Waals surface area contributed by atoms with Crippen molar-refractivity contribution >= 4 is 6.03 Å². The first kappa shape index (κ1) is 9.32. The maximum Gasteiger partial charge on any atom is 0.314 e. The summed E-state index contributed by atoms with van der Waals surface area (Å²) in [5, 5.41) is 5.38. The fourth-order valence-corrected chi connectivity index (χ4v) is 1.12. The number of rotatable bonds is 4. The van der Waals surface area contributed by atoms with E-state index in [9.17, 15) is 4.79 Å². The van der Waals surface area contributed by atoms with Gasteiger partial charge in [-0.2, -0.15) is 0 Å². The molecule has 4 heteroatoms. The van der Waals surface area contributed by atoms with Crippen molar-refractivity contribution in [2.45, 2.75) is 25.8 Å². The van der Waals surface area contributed by atoms with Crippen molar-refractivity contribution in [2.24, 2.45) is 11.7 Å². The summed E-state index contributed by atoms with van der Waals surface area (Å²) in [6.07, 6.45) is 2.44. The monoisotopic (exact) mass is 171 g/mol. The zero-order valence-corrected chi connectivity index (χ0v) is 7.47. The van der Waals surface area contributed by atoms with Crippen LogP contribution in [0.15, 0.2) is 0 Å². The predicted octanol–water partition coefficient (Wildman–Crippen LogP) is 0.0428. The van der Waals surface area contributed by atoms with Crippen molar-refractivity contribution in [2.75, 3.05) is 13.1 Å². The Bertz CT molecular complexity index is 156. The lowest BCUT2D eigenvalue weighted by molar-refractivity contribution is 0.240. The van der Waals surface area contributed by atoms with Crippen molar-refractivity contribution in [1.82, 2.24) is 10.6 Å². The third kappa shape index (κ3) is 3.09. The van der Waals surface area contributed by atoms with E-state index in [1.165, 1.54) is 12.8 Å². The molecule has 0 radical (unpaired) electrons. The largest absolute Gasteiger partial charge is 0.338 e. The average Bonchev–Trinajstić information content (AvgIpc) is 2.83. The third-order valence-corrected chi connectivity index (χ3v) is 2.06. The van der Waals surface area contributed by atoms with Gasteiger partial charge in [0.05, 0.1) is 0 Å². The molecule has 0 bridgehead atoms. The van der Waals surface area contributed by atoms with Gasteiger partial charge < -0.3 is 16.4 Å². The van der Waals surface area contributed by atoms with Crippen molar-refractivity contribution in [3.05, 3.63) is 0 Å². The van der Waals surface area contributed by atoms with Crippen LogP contribution in [0.4, 0.5) is 4.79 Å². The quantitative estimate of drug-likeness (QED) is 0.559. The van der Waals surface area contributed by atoms with E-state index in [-0.39, 0.29) is 12.1 Å². The molecule has 0 saturated heterocycles. The summed E-state index contributed by atoms with van der Waals surface area (Å²) in [4.78, 5) is 10.9. The van der Waals surface area contributed by atoms with Gasteiger partial charge in [0.1, 0.15) is 0 Å². The normalized spacial score (nSPS) is 18.5. The fraction of sp³-hybridized carbons (Fsp3) is 0.875. The number of carbonyl (C=O) groups excluding carboxylic acids is 1. The summed E-state index contributed by atoms with van der Waals surface area (Å²) in [6, 6.07) is 0.0289. The maximum absolute atomic E-state index is 10.9. The number of amides is 2. The molecule has 1 unspecified atom stereocenters. The second-order valence-electron chi connectivity index (χ2n) is 3.24. The first-order valence-corrected chi connectivity index (χ1v) is 4.51. The van der Waals surface area contributed by atoms with Crippen LogP contribution in [0.25, 0.3) is 0 Å². The number of hydrogen-bond acceptors (Lipinski definition) is 2. The van der Waals surface area contributed by atoms with Gasteiger partial charge in [-0.3, -0.25) is 0 Å². The lowest BCUT2D eigenvalue weighted by atomic mass is 10.2. The molecule has 0 aromatic heterocycles. The summed E-state index contributed by atoms with van der Waals surface area (Å²) in [5.41, 5.74) is 5.78. The average molecular weight is 171 g/mol. The van der Waals surface area contributed by atoms with Crippen LogP contribution in [-0.2, 0) is 0 Å². The van der Waals surface area contributed by atoms with Gasteiger partial charge in [-0.05, 0) is 25.7 Å². The van der Waals surface area contributed by atoms with E-state index in [2.05, 4.69) is 10.6 Å². The molecule has 0 aliphatic heterocycles. The highest BCUT2D eigenvalue weighted by molar-refractivity contribution is 5.73. The van der Waals surface area contributed by atoms with E-state index in [4.69, 9.17) is 5.73 Å². The Balaban J connectivity index is 2.03. The SMILES string of the molecule is CCNC(=O)NCC(N)C1CC1. The molecule has 1 atom stereocenters. The molecule has 1 saturated carbocycles. The third-order valence-electron chi connectivity index (χ3n) is 2.06. The second kappa shape index (κ2) is 4.30. The highest BCUT2D eigenvalue weighted by Crippen LogP contribution is 2.31. The van der Waals surface area contributed by atoms with Crippen molar-refractivity contribution < 1.29 is 4.79 Å². The highest BCUT2D eigenvalue weighted by atomic mass is 16.2. The van der Waals surface area contributed by atoms with E-state index < -0.39 is 0 Å². The maximum atomic E-state index is 10.9. The van der Waals surface area contributed by atoms with E-state index in [1.807, 2.05) is 6.92 Å². The van der Waals surface area contributed by atoms with Gasteiger partial charge >= 0.3 is 6.03 Å². The summed E-state index contributed by atoms with van der Waals surface area (Å²) in [7, 11) is 0. The minimum absolute atomic E-state index is 0.117. The predicted molar refractivity (Wildman–Crippen MR) is 47.8 cm³/mol. The Morgan fingerprint density at radius 3 is 2.75 bits per heavy atom. The van der Waals surface area contributed by atoms with E-state index in [1.54, 1.807) is 0 Å². The summed E-state index contributed by atoms with van der Waals surface area (Å²) >= 11 is 0. The molecule has 1 aliphatic carbocycles. The molecule has 4 N–H and O–H groups in total. The number of nitrogens with two attached hydrogens (primary N) is 1. The van der Waals surface area contributed by atoms with Gasteiger partial charge in [-0.15, -0.1) is 0 Å². The lowest BCUT2D eigenvalue weighted by Crippen LogP contribution is -2.43. The molecule has 0 aromatic carbocycles. The minimum atomic E-state index is -0.117. The molecule has 70 valence electrons. The zero-order chi connectivity index (χ0) is 8.97. The van der Waals surface area contributed by atoms with E-state index >= 15 is 0 Å². The van der Waals surface area contributed by atoms with Crippen LogP contribution >= 0.6 is 0 Å². The number of nitrogens with one attached hydrogen (secondary N) is 2.